The van der Waals surface area contributed by atoms with Crippen molar-refractivity contribution in [3.05, 3.63) is 47.5 Å². The molecule has 6 heteroatoms. The molecule has 0 aliphatic carbocycles. The number of hydrogen-bond acceptors (Lipinski definition) is 4. The number of methoxy groups -OCH3 is 1. The van der Waals surface area contributed by atoms with Crippen LogP contribution in [0.1, 0.15) is 20.3 Å². The highest BCUT2D eigenvalue weighted by Crippen LogP contribution is 2.33. The van der Waals surface area contributed by atoms with Gasteiger partial charge in [-0.05, 0) is 55.8 Å². The van der Waals surface area contributed by atoms with E-state index in [9.17, 15) is 4.79 Å². The number of halogens is 1. The monoisotopic (exact) mass is 363 g/mol. The zero-order chi connectivity index (χ0) is 18.2. The highest BCUT2D eigenvalue weighted by molar-refractivity contribution is 6.31. The highest BCUT2D eigenvalue weighted by atomic mass is 35.5. The minimum atomic E-state index is -0.530. The quantitative estimate of drug-likeness (QED) is 0.725. The first-order chi connectivity index (χ1) is 12.1. The van der Waals surface area contributed by atoms with Gasteiger partial charge in [0.25, 0.3) is 5.91 Å². The van der Waals surface area contributed by atoms with Crippen molar-refractivity contribution in [2.45, 2.75) is 26.4 Å². The maximum atomic E-state index is 12.3. The van der Waals surface area contributed by atoms with Crippen LogP contribution in [0.15, 0.2) is 42.5 Å². The van der Waals surface area contributed by atoms with E-state index in [2.05, 4.69) is 5.32 Å². The van der Waals surface area contributed by atoms with Crippen molar-refractivity contribution in [2.75, 3.05) is 19.0 Å². The fraction of sp³-hybridized carbons (Fsp3) is 0.316. The summed E-state index contributed by atoms with van der Waals surface area (Å²) in [5.41, 5.74) is 0.488. The smallest absolute Gasteiger partial charge is 0.253 e. The molecule has 2 aromatic rings. The molecule has 0 saturated heterocycles. The molecule has 0 bridgehead atoms. The highest BCUT2D eigenvalue weighted by Gasteiger charge is 2.17. The lowest BCUT2D eigenvalue weighted by Gasteiger charge is -2.16. The van der Waals surface area contributed by atoms with Crippen LogP contribution < -0.4 is 14.8 Å². The number of carbonyl (C=O) groups excluding carboxylic acids is 1. The predicted octanol–water partition coefficient (Wildman–Crippen LogP) is 4.89. The Morgan fingerprint density at radius 2 is 1.80 bits per heavy atom. The molecule has 1 N–H and O–H groups in total. The molecular weight excluding hydrogens is 342 g/mol. The SMILES string of the molecule is CCOc1ccc(Oc2ccc(Cl)cc2NC(=O)C(CC)OC)cc1. The molecule has 1 atom stereocenters. The van der Waals surface area contributed by atoms with Crippen molar-refractivity contribution in [1.82, 2.24) is 0 Å². The molecule has 25 heavy (non-hydrogen) atoms. The molecule has 0 heterocycles. The second-order valence-electron chi connectivity index (χ2n) is 5.27. The second kappa shape index (κ2) is 9.30. The van der Waals surface area contributed by atoms with Crippen molar-refractivity contribution in [1.29, 1.82) is 0 Å². The third kappa shape index (κ3) is 5.37. The first kappa shape index (κ1) is 19.1. The van der Waals surface area contributed by atoms with Gasteiger partial charge in [0.1, 0.15) is 17.6 Å². The van der Waals surface area contributed by atoms with Gasteiger partial charge in [0.2, 0.25) is 0 Å². The van der Waals surface area contributed by atoms with E-state index in [4.69, 9.17) is 25.8 Å². The predicted molar refractivity (Wildman–Crippen MR) is 98.9 cm³/mol. The number of anilines is 1. The zero-order valence-corrected chi connectivity index (χ0v) is 15.3. The third-order valence-electron chi connectivity index (χ3n) is 3.51. The Bertz CT molecular complexity index is 699. The summed E-state index contributed by atoms with van der Waals surface area (Å²) in [5.74, 6) is 1.64. The van der Waals surface area contributed by atoms with Gasteiger partial charge in [-0.2, -0.15) is 0 Å². The molecule has 2 aromatic carbocycles. The summed E-state index contributed by atoms with van der Waals surface area (Å²) in [6.07, 6.45) is 0.0372. The second-order valence-corrected chi connectivity index (χ2v) is 5.71. The van der Waals surface area contributed by atoms with Crippen LogP contribution in [0.5, 0.6) is 17.2 Å². The normalized spacial score (nSPS) is 11.7. The molecule has 0 spiro atoms. The summed E-state index contributed by atoms with van der Waals surface area (Å²) in [7, 11) is 1.50. The van der Waals surface area contributed by atoms with Gasteiger partial charge in [-0.1, -0.05) is 18.5 Å². The molecular formula is C19H22ClNO4. The van der Waals surface area contributed by atoms with Gasteiger partial charge in [-0.25, -0.2) is 0 Å². The Hall–Kier alpha value is -2.24. The summed E-state index contributed by atoms with van der Waals surface area (Å²) in [4.78, 5) is 12.3. The average Bonchev–Trinajstić information content (AvgIpc) is 2.60. The lowest BCUT2D eigenvalue weighted by Crippen LogP contribution is -2.28. The maximum Gasteiger partial charge on any atom is 0.253 e. The Labute approximate surface area is 152 Å². The Morgan fingerprint density at radius 3 is 2.40 bits per heavy atom. The van der Waals surface area contributed by atoms with Gasteiger partial charge in [0.05, 0.1) is 12.3 Å². The number of benzene rings is 2. The molecule has 134 valence electrons. The van der Waals surface area contributed by atoms with Gasteiger partial charge in [-0.15, -0.1) is 0 Å². The van der Waals surface area contributed by atoms with Crippen LogP contribution in [0.3, 0.4) is 0 Å². The van der Waals surface area contributed by atoms with Crippen LogP contribution in [0.2, 0.25) is 5.02 Å². The van der Waals surface area contributed by atoms with E-state index in [0.717, 1.165) is 5.75 Å². The summed E-state index contributed by atoms with van der Waals surface area (Å²) in [6.45, 7) is 4.41. The van der Waals surface area contributed by atoms with E-state index < -0.39 is 6.10 Å². The van der Waals surface area contributed by atoms with Gasteiger partial charge < -0.3 is 19.5 Å². The van der Waals surface area contributed by atoms with Crippen LogP contribution in [-0.4, -0.2) is 25.7 Å². The van der Waals surface area contributed by atoms with E-state index in [0.29, 0.717) is 35.2 Å². The van der Waals surface area contributed by atoms with E-state index in [1.165, 1.54) is 7.11 Å². The summed E-state index contributed by atoms with van der Waals surface area (Å²) in [5, 5.41) is 3.31. The first-order valence-corrected chi connectivity index (χ1v) is 8.49. The van der Waals surface area contributed by atoms with Crippen molar-refractivity contribution >= 4 is 23.2 Å². The van der Waals surface area contributed by atoms with Crippen molar-refractivity contribution < 1.29 is 19.0 Å². The van der Waals surface area contributed by atoms with E-state index in [1.54, 1.807) is 30.3 Å². The molecule has 0 aliphatic rings. The fourth-order valence-electron chi connectivity index (χ4n) is 2.26. The van der Waals surface area contributed by atoms with Crippen LogP contribution >= 0.6 is 11.6 Å². The molecule has 0 radical (unpaired) electrons. The Balaban J connectivity index is 2.18. The van der Waals surface area contributed by atoms with Gasteiger partial charge >= 0.3 is 0 Å². The minimum absolute atomic E-state index is 0.246. The molecule has 0 aliphatic heterocycles. The summed E-state index contributed by atoms with van der Waals surface area (Å²) < 4.78 is 16.4. The molecule has 1 amide bonds. The molecule has 2 rings (SSSR count). The van der Waals surface area contributed by atoms with Crippen LogP contribution in [0.25, 0.3) is 0 Å². The number of hydrogen-bond donors (Lipinski definition) is 1. The van der Waals surface area contributed by atoms with Crippen molar-refractivity contribution in [2.24, 2.45) is 0 Å². The lowest BCUT2D eigenvalue weighted by molar-refractivity contribution is -0.125. The van der Waals surface area contributed by atoms with E-state index in [-0.39, 0.29) is 5.91 Å². The molecule has 1 unspecified atom stereocenters. The maximum absolute atomic E-state index is 12.3. The van der Waals surface area contributed by atoms with Crippen molar-refractivity contribution in [3.63, 3.8) is 0 Å². The third-order valence-corrected chi connectivity index (χ3v) is 3.74. The van der Waals surface area contributed by atoms with Crippen LogP contribution in [0.4, 0.5) is 5.69 Å². The molecule has 0 saturated carbocycles. The minimum Gasteiger partial charge on any atom is -0.494 e. The van der Waals surface area contributed by atoms with Crippen LogP contribution in [0, 0.1) is 0 Å². The fourth-order valence-corrected chi connectivity index (χ4v) is 2.43. The van der Waals surface area contributed by atoms with Crippen molar-refractivity contribution in [3.8, 4) is 17.2 Å². The topological polar surface area (TPSA) is 56.8 Å². The number of amides is 1. The first-order valence-electron chi connectivity index (χ1n) is 8.11. The van der Waals surface area contributed by atoms with Gasteiger partial charge in [0, 0.05) is 12.1 Å². The average molecular weight is 364 g/mol. The number of rotatable bonds is 8. The Kier molecular flexibility index (Phi) is 7.10. The van der Waals surface area contributed by atoms with Crippen LogP contribution in [-0.2, 0) is 9.53 Å². The Morgan fingerprint density at radius 1 is 1.12 bits per heavy atom. The van der Waals surface area contributed by atoms with Gasteiger partial charge in [-0.3, -0.25) is 4.79 Å². The lowest BCUT2D eigenvalue weighted by atomic mass is 10.2. The number of ether oxygens (including phenoxy) is 3. The largest absolute Gasteiger partial charge is 0.494 e. The number of nitrogens with one attached hydrogen (secondary N) is 1. The van der Waals surface area contributed by atoms with E-state index in [1.807, 2.05) is 26.0 Å². The van der Waals surface area contributed by atoms with Gasteiger partial charge in [0.15, 0.2) is 5.75 Å². The zero-order valence-electron chi connectivity index (χ0n) is 14.5. The molecule has 0 aromatic heterocycles. The summed E-state index contributed by atoms with van der Waals surface area (Å²) >= 11 is 6.05. The number of carbonyl (C=O) groups is 1. The molecule has 5 nitrogen and oxygen atoms in total. The molecule has 0 fully saturated rings. The standard InChI is InChI=1S/C19H22ClNO4/c1-4-17(23-3)19(22)21-16-12-13(20)6-11-18(16)25-15-9-7-14(8-10-15)24-5-2/h6-12,17H,4-5H2,1-3H3,(H,21,22). The van der Waals surface area contributed by atoms with E-state index >= 15 is 0 Å². The summed E-state index contributed by atoms with van der Waals surface area (Å²) in [6, 6.07) is 12.3.